The van der Waals surface area contributed by atoms with Crippen molar-refractivity contribution in [3.05, 3.63) is 52.9 Å². The van der Waals surface area contributed by atoms with Crippen molar-refractivity contribution in [2.24, 2.45) is 10.8 Å². The Morgan fingerprint density at radius 1 is 1.27 bits per heavy atom. The molecule has 136 valence electrons. The summed E-state index contributed by atoms with van der Waals surface area (Å²) in [6.45, 7) is -0.258. The third kappa shape index (κ3) is 5.95. The molecule has 1 aromatic carbocycles. The first-order chi connectivity index (χ1) is 12.5. The summed E-state index contributed by atoms with van der Waals surface area (Å²) in [6.07, 6.45) is 2.68. The number of carbonyl (C=O) groups excluding carboxylic acids is 3. The van der Waals surface area contributed by atoms with Gasteiger partial charge in [-0.05, 0) is 30.3 Å². The zero-order valence-corrected chi connectivity index (χ0v) is 14.2. The van der Waals surface area contributed by atoms with Gasteiger partial charge in [-0.25, -0.2) is 5.43 Å². The minimum absolute atomic E-state index is 0.0718. The number of hydrogen-bond donors (Lipinski definition) is 3. The van der Waals surface area contributed by atoms with E-state index in [0.29, 0.717) is 16.3 Å². The maximum atomic E-state index is 11.7. The Balaban J connectivity index is 1.92. The van der Waals surface area contributed by atoms with Crippen LogP contribution in [0, 0.1) is 0 Å². The molecule has 0 fully saturated rings. The van der Waals surface area contributed by atoms with Gasteiger partial charge in [0.05, 0.1) is 19.0 Å². The molecule has 0 bridgehead atoms. The average Bonchev–Trinajstić information content (AvgIpc) is 3.12. The van der Waals surface area contributed by atoms with Gasteiger partial charge in [-0.1, -0.05) is 11.6 Å². The molecule has 2 aromatic rings. The molecule has 0 aliphatic heterocycles. The molecule has 26 heavy (non-hydrogen) atoms. The number of nitrogens with two attached hydrogens (primary N) is 1. The van der Waals surface area contributed by atoms with Crippen LogP contribution in [-0.4, -0.2) is 30.5 Å². The quantitative estimate of drug-likeness (QED) is 0.367. The highest BCUT2D eigenvalue weighted by atomic mass is 35.5. The van der Waals surface area contributed by atoms with Crippen LogP contribution in [0.1, 0.15) is 11.3 Å². The molecular weight excluding hydrogens is 364 g/mol. The zero-order chi connectivity index (χ0) is 18.9. The van der Waals surface area contributed by atoms with E-state index < -0.39 is 17.7 Å². The van der Waals surface area contributed by atoms with Gasteiger partial charge < -0.3 is 20.2 Å². The SMILES string of the molecule is NC(=O)COc1ccc(Cl)cc1/C=N\NC(=O)C(=O)NCc1ccco1. The van der Waals surface area contributed by atoms with Crippen LogP contribution in [0.3, 0.4) is 0 Å². The number of furan rings is 1. The van der Waals surface area contributed by atoms with Crippen molar-refractivity contribution < 1.29 is 23.5 Å². The summed E-state index contributed by atoms with van der Waals surface area (Å²) in [5.74, 6) is -1.70. The summed E-state index contributed by atoms with van der Waals surface area (Å²) in [7, 11) is 0. The topological polar surface area (TPSA) is 136 Å². The highest BCUT2D eigenvalue weighted by Gasteiger charge is 2.12. The van der Waals surface area contributed by atoms with Crippen LogP contribution in [0.4, 0.5) is 0 Å². The summed E-state index contributed by atoms with van der Waals surface area (Å²) in [6, 6.07) is 7.89. The fourth-order valence-electron chi connectivity index (χ4n) is 1.77. The van der Waals surface area contributed by atoms with Gasteiger partial charge in [0.15, 0.2) is 6.61 Å². The van der Waals surface area contributed by atoms with Crippen LogP contribution in [0.25, 0.3) is 0 Å². The number of primary amides is 1. The van der Waals surface area contributed by atoms with Gasteiger partial charge in [0.1, 0.15) is 11.5 Å². The molecule has 0 radical (unpaired) electrons. The van der Waals surface area contributed by atoms with E-state index in [4.69, 9.17) is 26.5 Å². The molecular formula is C16H15ClN4O5. The lowest BCUT2D eigenvalue weighted by Crippen LogP contribution is -2.37. The van der Waals surface area contributed by atoms with Crippen molar-refractivity contribution in [1.82, 2.24) is 10.7 Å². The first-order valence-corrected chi connectivity index (χ1v) is 7.68. The maximum Gasteiger partial charge on any atom is 0.329 e. The smallest absolute Gasteiger partial charge is 0.329 e. The van der Waals surface area contributed by atoms with Gasteiger partial charge in [0.2, 0.25) is 0 Å². The van der Waals surface area contributed by atoms with Crippen molar-refractivity contribution in [3.8, 4) is 5.75 Å². The molecule has 0 spiro atoms. The minimum atomic E-state index is -0.963. The molecule has 9 nitrogen and oxygen atoms in total. The summed E-state index contributed by atoms with van der Waals surface area (Å²) >= 11 is 5.89. The average molecular weight is 379 g/mol. The second-order valence-electron chi connectivity index (χ2n) is 4.90. The summed E-state index contributed by atoms with van der Waals surface area (Å²) < 4.78 is 10.2. The maximum absolute atomic E-state index is 11.7. The lowest BCUT2D eigenvalue weighted by atomic mass is 10.2. The predicted octanol–water partition coefficient (Wildman–Crippen LogP) is 0.564. The highest BCUT2D eigenvalue weighted by molar-refractivity contribution is 6.35. The number of rotatable bonds is 7. The van der Waals surface area contributed by atoms with Crippen LogP contribution in [-0.2, 0) is 20.9 Å². The zero-order valence-electron chi connectivity index (χ0n) is 13.4. The van der Waals surface area contributed by atoms with E-state index in [-0.39, 0.29) is 18.9 Å². The highest BCUT2D eigenvalue weighted by Crippen LogP contribution is 2.21. The van der Waals surface area contributed by atoms with Gasteiger partial charge in [-0.15, -0.1) is 0 Å². The Labute approximate surface area is 153 Å². The van der Waals surface area contributed by atoms with Crippen molar-refractivity contribution >= 4 is 35.5 Å². The van der Waals surface area contributed by atoms with Crippen LogP contribution < -0.4 is 21.2 Å². The van der Waals surface area contributed by atoms with Crippen LogP contribution in [0.5, 0.6) is 5.75 Å². The second kappa shape index (κ2) is 9.23. The molecule has 1 aromatic heterocycles. The molecule has 3 amide bonds. The number of halogens is 1. The predicted molar refractivity (Wildman–Crippen MR) is 92.4 cm³/mol. The van der Waals surface area contributed by atoms with E-state index in [1.807, 2.05) is 0 Å². The van der Waals surface area contributed by atoms with Crippen LogP contribution in [0.2, 0.25) is 5.02 Å². The van der Waals surface area contributed by atoms with Gasteiger partial charge >= 0.3 is 11.8 Å². The monoisotopic (exact) mass is 378 g/mol. The molecule has 1 heterocycles. The Bertz CT molecular complexity index is 820. The molecule has 0 saturated heterocycles. The van der Waals surface area contributed by atoms with Crippen LogP contribution in [0.15, 0.2) is 46.1 Å². The van der Waals surface area contributed by atoms with Gasteiger partial charge in [-0.3, -0.25) is 14.4 Å². The van der Waals surface area contributed by atoms with E-state index in [2.05, 4.69) is 15.8 Å². The lowest BCUT2D eigenvalue weighted by molar-refractivity contribution is -0.139. The normalized spacial score (nSPS) is 10.5. The van der Waals surface area contributed by atoms with Crippen molar-refractivity contribution in [1.29, 1.82) is 0 Å². The summed E-state index contributed by atoms with van der Waals surface area (Å²) in [5.41, 5.74) is 7.48. The third-order valence-corrected chi connectivity index (χ3v) is 3.16. The number of hydrogen-bond acceptors (Lipinski definition) is 6. The first kappa shape index (κ1) is 19.0. The molecule has 0 atom stereocenters. The molecule has 4 N–H and O–H groups in total. The summed E-state index contributed by atoms with van der Waals surface area (Å²) in [5, 5.41) is 6.43. The molecule has 0 aliphatic rings. The number of nitrogens with one attached hydrogen (secondary N) is 2. The van der Waals surface area contributed by atoms with E-state index in [1.54, 1.807) is 18.2 Å². The fraction of sp³-hybridized carbons (Fsp3) is 0.125. The van der Waals surface area contributed by atoms with E-state index >= 15 is 0 Å². The van der Waals surface area contributed by atoms with Gasteiger partial charge in [-0.2, -0.15) is 5.10 Å². The summed E-state index contributed by atoms with van der Waals surface area (Å²) in [4.78, 5) is 34.1. The Hall–Kier alpha value is -3.33. The van der Waals surface area contributed by atoms with E-state index in [9.17, 15) is 14.4 Å². The number of benzene rings is 1. The van der Waals surface area contributed by atoms with Crippen LogP contribution >= 0.6 is 11.6 Å². The minimum Gasteiger partial charge on any atom is -0.483 e. The number of hydrazone groups is 1. The fourth-order valence-corrected chi connectivity index (χ4v) is 1.95. The molecule has 2 rings (SSSR count). The van der Waals surface area contributed by atoms with Gasteiger partial charge in [0, 0.05) is 10.6 Å². The van der Waals surface area contributed by atoms with E-state index in [1.165, 1.54) is 24.6 Å². The number of amides is 3. The molecule has 10 heteroatoms. The van der Waals surface area contributed by atoms with Gasteiger partial charge in [0.25, 0.3) is 5.91 Å². The number of ether oxygens (including phenoxy) is 1. The third-order valence-electron chi connectivity index (χ3n) is 2.92. The van der Waals surface area contributed by atoms with Crippen molar-refractivity contribution in [3.63, 3.8) is 0 Å². The number of nitrogens with zero attached hydrogens (tertiary/aromatic N) is 1. The van der Waals surface area contributed by atoms with E-state index in [0.717, 1.165) is 0 Å². The van der Waals surface area contributed by atoms with Crippen molar-refractivity contribution in [2.75, 3.05) is 6.61 Å². The Morgan fingerprint density at radius 2 is 2.08 bits per heavy atom. The van der Waals surface area contributed by atoms with Crippen molar-refractivity contribution in [2.45, 2.75) is 6.54 Å². The first-order valence-electron chi connectivity index (χ1n) is 7.30. The standard InChI is InChI=1S/C16H15ClN4O5/c17-11-3-4-13(26-9-14(18)22)10(6-11)7-20-21-16(24)15(23)19-8-12-2-1-5-25-12/h1-7H,8-9H2,(H2,18,22)(H,19,23)(H,21,24)/b20-7-. The molecule has 0 aliphatic carbocycles. The lowest BCUT2D eigenvalue weighted by Gasteiger charge is -2.07. The second-order valence-corrected chi connectivity index (χ2v) is 5.33. The molecule has 0 saturated carbocycles. The Kier molecular flexibility index (Phi) is 6.75. The molecule has 0 unspecified atom stereocenters. The Morgan fingerprint density at radius 3 is 2.77 bits per heavy atom. The number of carbonyl (C=O) groups is 3. The largest absolute Gasteiger partial charge is 0.483 e.